The second-order valence-corrected chi connectivity index (χ2v) is 7.72. The van der Waals surface area contributed by atoms with E-state index in [2.05, 4.69) is 15.2 Å². The lowest BCUT2D eigenvalue weighted by molar-refractivity contribution is 0.0820. The molecule has 4 heterocycles. The van der Waals surface area contributed by atoms with E-state index in [0.717, 1.165) is 16.5 Å². The summed E-state index contributed by atoms with van der Waals surface area (Å²) in [6.45, 7) is 2.63. The van der Waals surface area contributed by atoms with Gasteiger partial charge in [0.2, 0.25) is 0 Å². The molecule has 1 saturated heterocycles. The van der Waals surface area contributed by atoms with E-state index < -0.39 is 12.3 Å². The van der Waals surface area contributed by atoms with E-state index >= 15 is 4.39 Å². The third-order valence-corrected chi connectivity index (χ3v) is 5.61. The van der Waals surface area contributed by atoms with Crippen LogP contribution in [0.15, 0.2) is 35.4 Å². The van der Waals surface area contributed by atoms with Gasteiger partial charge in [-0.1, -0.05) is 0 Å². The van der Waals surface area contributed by atoms with Crippen molar-refractivity contribution in [1.82, 2.24) is 28.9 Å². The lowest BCUT2D eigenvalue weighted by atomic mass is 10.1. The van der Waals surface area contributed by atoms with Gasteiger partial charge in [0.25, 0.3) is 5.78 Å². The molecule has 5 rings (SSSR count). The Labute approximate surface area is 171 Å². The van der Waals surface area contributed by atoms with Crippen molar-refractivity contribution in [2.75, 3.05) is 18.0 Å². The number of ether oxygens (including phenoxy) is 1. The Morgan fingerprint density at radius 2 is 2.07 bits per heavy atom. The molecule has 1 fully saturated rings. The second kappa shape index (κ2) is 6.82. The summed E-state index contributed by atoms with van der Waals surface area (Å²) < 4.78 is 25.4. The van der Waals surface area contributed by atoms with Gasteiger partial charge in [0, 0.05) is 44.2 Å². The molecule has 1 aliphatic rings. The third-order valence-electron chi connectivity index (χ3n) is 5.61. The molecule has 0 unspecified atom stereocenters. The minimum absolute atomic E-state index is 0.168. The van der Waals surface area contributed by atoms with Gasteiger partial charge in [-0.05, 0) is 25.1 Å². The van der Waals surface area contributed by atoms with Gasteiger partial charge in [-0.25, -0.2) is 18.3 Å². The summed E-state index contributed by atoms with van der Waals surface area (Å²) in [5.41, 5.74) is 1.54. The highest BCUT2D eigenvalue weighted by Gasteiger charge is 2.32. The number of piperidine rings is 1. The molecule has 0 N–H and O–H groups in total. The summed E-state index contributed by atoms with van der Waals surface area (Å²) in [6.07, 6.45) is 2.29. The van der Waals surface area contributed by atoms with Gasteiger partial charge >= 0.3 is 5.69 Å². The van der Waals surface area contributed by atoms with E-state index in [9.17, 15) is 4.79 Å². The number of benzene rings is 1. The van der Waals surface area contributed by atoms with Crippen molar-refractivity contribution in [3.63, 3.8) is 0 Å². The molecule has 0 saturated carbocycles. The first kappa shape index (κ1) is 18.6. The van der Waals surface area contributed by atoms with Gasteiger partial charge < -0.3 is 9.64 Å². The van der Waals surface area contributed by atoms with Crippen molar-refractivity contribution in [3.8, 4) is 5.75 Å². The zero-order valence-electron chi connectivity index (χ0n) is 17.0. The van der Waals surface area contributed by atoms with E-state index in [-0.39, 0.29) is 12.2 Å². The van der Waals surface area contributed by atoms with E-state index in [4.69, 9.17) is 4.74 Å². The van der Waals surface area contributed by atoms with Crippen LogP contribution in [0.4, 0.5) is 10.2 Å². The number of anilines is 1. The van der Waals surface area contributed by atoms with Gasteiger partial charge in [0.05, 0.1) is 18.3 Å². The Kier molecular flexibility index (Phi) is 4.23. The van der Waals surface area contributed by atoms with Crippen molar-refractivity contribution < 1.29 is 9.13 Å². The van der Waals surface area contributed by atoms with Crippen LogP contribution in [0, 0.1) is 6.92 Å². The molecule has 156 valence electrons. The maximum Gasteiger partial charge on any atom is 0.351 e. The Hall–Kier alpha value is -3.43. The first-order valence-corrected chi connectivity index (χ1v) is 9.81. The highest BCUT2D eigenvalue weighted by Crippen LogP contribution is 2.27. The molecule has 2 atom stereocenters. The monoisotopic (exact) mass is 411 g/mol. The van der Waals surface area contributed by atoms with Crippen LogP contribution in [0.1, 0.15) is 12.0 Å². The third kappa shape index (κ3) is 2.99. The van der Waals surface area contributed by atoms with E-state index in [1.54, 1.807) is 24.1 Å². The molecular formula is C20H22FN7O2. The molecule has 30 heavy (non-hydrogen) atoms. The number of aryl methyl sites for hydroxylation is 3. The number of halogens is 1. The molecule has 0 amide bonds. The molecule has 3 aromatic heterocycles. The van der Waals surface area contributed by atoms with Crippen LogP contribution in [0.5, 0.6) is 5.75 Å². The second-order valence-electron chi connectivity index (χ2n) is 7.72. The van der Waals surface area contributed by atoms with E-state index in [1.807, 2.05) is 37.1 Å². The Morgan fingerprint density at radius 1 is 1.23 bits per heavy atom. The largest absolute Gasteiger partial charge is 0.487 e. The number of aromatic nitrogens is 6. The van der Waals surface area contributed by atoms with Crippen LogP contribution in [-0.4, -0.2) is 54.3 Å². The minimum atomic E-state index is -1.17. The maximum absolute atomic E-state index is 15.0. The SMILES string of the molecule is Cc1cn2c(=O)n(C)nc2nc1N1CC[C@@H](Oc2ccc3c(cnn3C)c2)[C@@H](F)C1. The van der Waals surface area contributed by atoms with Crippen LogP contribution in [0.25, 0.3) is 16.7 Å². The summed E-state index contributed by atoms with van der Waals surface area (Å²) in [6, 6.07) is 5.67. The topological polar surface area (TPSA) is 82.5 Å². The Morgan fingerprint density at radius 3 is 2.87 bits per heavy atom. The number of fused-ring (bicyclic) bond motifs is 2. The molecule has 0 aliphatic carbocycles. The summed E-state index contributed by atoms with van der Waals surface area (Å²) in [7, 11) is 3.46. The quantitative estimate of drug-likeness (QED) is 0.510. The fourth-order valence-corrected chi connectivity index (χ4v) is 4.01. The van der Waals surface area contributed by atoms with E-state index in [1.165, 1.54) is 9.08 Å². The average molecular weight is 411 g/mol. The molecule has 0 radical (unpaired) electrons. The van der Waals surface area contributed by atoms with Crippen molar-refractivity contribution in [1.29, 1.82) is 0 Å². The van der Waals surface area contributed by atoms with Crippen molar-refractivity contribution in [2.24, 2.45) is 14.1 Å². The summed E-state index contributed by atoms with van der Waals surface area (Å²) in [4.78, 5) is 18.4. The van der Waals surface area contributed by atoms with Crippen LogP contribution < -0.4 is 15.3 Å². The minimum Gasteiger partial charge on any atom is -0.487 e. The molecule has 1 aromatic carbocycles. The zero-order chi connectivity index (χ0) is 21.0. The number of hydrogen-bond donors (Lipinski definition) is 0. The summed E-state index contributed by atoms with van der Waals surface area (Å²) >= 11 is 0. The fraction of sp³-hybridized carbons (Fsp3) is 0.400. The molecule has 4 aromatic rings. The number of nitrogens with zero attached hydrogens (tertiary/aromatic N) is 7. The highest BCUT2D eigenvalue weighted by molar-refractivity contribution is 5.80. The lowest BCUT2D eigenvalue weighted by Gasteiger charge is -2.36. The predicted octanol–water partition coefficient (Wildman–Crippen LogP) is 1.62. The van der Waals surface area contributed by atoms with E-state index in [0.29, 0.717) is 30.3 Å². The Balaban J connectivity index is 1.34. The highest BCUT2D eigenvalue weighted by atomic mass is 19.1. The standard InChI is InChI=1S/C20H22FN7O2/c1-12-10-28-19(24-26(3)20(28)29)23-18(12)27-7-6-17(15(21)11-27)30-14-4-5-16-13(8-14)9-22-25(16)2/h4-5,8-10,15,17H,6-7,11H2,1-3H3/t15-,17+/m0/s1. The maximum atomic E-state index is 15.0. The molecule has 10 heteroatoms. The first-order chi connectivity index (χ1) is 14.4. The lowest BCUT2D eigenvalue weighted by Crippen LogP contribution is -2.47. The van der Waals surface area contributed by atoms with Gasteiger partial charge in [0.15, 0.2) is 6.17 Å². The van der Waals surface area contributed by atoms with Gasteiger partial charge in [0.1, 0.15) is 17.7 Å². The van der Waals surface area contributed by atoms with Crippen molar-refractivity contribution in [2.45, 2.75) is 25.6 Å². The predicted molar refractivity (Wildman–Crippen MR) is 110 cm³/mol. The smallest absolute Gasteiger partial charge is 0.351 e. The number of rotatable bonds is 3. The molecule has 1 aliphatic heterocycles. The number of alkyl halides is 1. The van der Waals surface area contributed by atoms with Gasteiger partial charge in [-0.15, -0.1) is 5.10 Å². The molecule has 9 nitrogen and oxygen atoms in total. The van der Waals surface area contributed by atoms with Gasteiger partial charge in [-0.2, -0.15) is 10.1 Å². The van der Waals surface area contributed by atoms with Gasteiger partial charge in [-0.3, -0.25) is 4.68 Å². The normalized spacial score (nSPS) is 19.7. The van der Waals surface area contributed by atoms with Crippen LogP contribution in [-0.2, 0) is 14.1 Å². The first-order valence-electron chi connectivity index (χ1n) is 9.81. The average Bonchev–Trinajstić information content (AvgIpc) is 3.22. The van der Waals surface area contributed by atoms with Crippen molar-refractivity contribution >= 4 is 22.5 Å². The molecule has 0 bridgehead atoms. The van der Waals surface area contributed by atoms with Crippen LogP contribution in [0.2, 0.25) is 0 Å². The number of hydrogen-bond acceptors (Lipinski definition) is 6. The summed E-state index contributed by atoms with van der Waals surface area (Å²) in [5, 5.41) is 9.31. The Bertz CT molecular complexity index is 1310. The molecular weight excluding hydrogens is 389 g/mol. The fourth-order valence-electron chi connectivity index (χ4n) is 4.01. The van der Waals surface area contributed by atoms with Crippen molar-refractivity contribution in [3.05, 3.63) is 46.6 Å². The van der Waals surface area contributed by atoms with Crippen LogP contribution in [0.3, 0.4) is 0 Å². The van der Waals surface area contributed by atoms with Crippen LogP contribution >= 0.6 is 0 Å². The molecule has 0 spiro atoms. The summed E-state index contributed by atoms with van der Waals surface area (Å²) in [5.74, 6) is 1.59. The zero-order valence-corrected chi connectivity index (χ0v) is 17.0.